The second-order valence-corrected chi connectivity index (χ2v) is 7.68. The number of carbonyl (C=O) groups is 2. The standard InChI is InChI=1S/C18H23N3O4S/c1-10(22)13-14-12(3-2-6-19)16(15(18(24)25)21(14)17(13)23)26-9-11-4-7-20-8-5-11/h4-5,7-8,10,12-14,22H,2-3,6,9,19H2,1H3,(H,24,25)/t10-,12-,13-,14-/m1/s1. The van der Waals surface area contributed by atoms with E-state index in [9.17, 15) is 19.8 Å². The number of β-lactam (4-membered cyclic amide) rings is 1. The van der Waals surface area contributed by atoms with Gasteiger partial charge in [-0.1, -0.05) is 0 Å². The lowest BCUT2D eigenvalue weighted by Crippen LogP contribution is -2.63. The van der Waals surface area contributed by atoms with E-state index in [4.69, 9.17) is 5.73 Å². The van der Waals surface area contributed by atoms with Crippen molar-refractivity contribution in [3.63, 3.8) is 0 Å². The number of fused-ring (bicyclic) bond motifs is 1. The molecule has 140 valence electrons. The van der Waals surface area contributed by atoms with Crippen LogP contribution < -0.4 is 5.73 Å². The topological polar surface area (TPSA) is 117 Å². The first-order valence-electron chi connectivity index (χ1n) is 8.67. The van der Waals surface area contributed by atoms with E-state index in [1.54, 1.807) is 19.3 Å². The number of pyridine rings is 1. The lowest BCUT2D eigenvalue weighted by molar-refractivity contribution is -0.163. The van der Waals surface area contributed by atoms with Crippen molar-refractivity contribution in [2.24, 2.45) is 17.6 Å². The van der Waals surface area contributed by atoms with Crippen molar-refractivity contribution in [2.75, 3.05) is 6.54 Å². The number of carbonyl (C=O) groups excluding carboxylic acids is 1. The summed E-state index contributed by atoms with van der Waals surface area (Å²) in [6.07, 6.45) is 4.03. The zero-order chi connectivity index (χ0) is 18.8. The Bertz CT molecular complexity index is 722. The fraction of sp³-hybridized carbons (Fsp3) is 0.500. The third-order valence-electron chi connectivity index (χ3n) is 5.00. The third-order valence-corrected chi connectivity index (χ3v) is 6.28. The highest BCUT2D eigenvalue weighted by Gasteiger charge is 2.60. The summed E-state index contributed by atoms with van der Waals surface area (Å²) in [5, 5.41) is 19.7. The minimum atomic E-state index is -1.10. The number of amides is 1. The maximum atomic E-state index is 12.5. The molecule has 3 rings (SSSR count). The fourth-order valence-corrected chi connectivity index (χ4v) is 5.13. The molecule has 8 heteroatoms. The van der Waals surface area contributed by atoms with Crippen molar-refractivity contribution in [3.05, 3.63) is 40.7 Å². The summed E-state index contributed by atoms with van der Waals surface area (Å²) in [5.74, 6) is -1.46. The molecule has 4 atom stereocenters. The van der Waals surface area contributed by atoms with Gasteiger partial charge < -0.3 is 20.8 Å². The number of nitrogens with zero attached hydrogens (tertiary/aromatic N) is 2. The van der Waals surface area contributed by atoms with Gasteiger partial charge in [0.1, 0.15) is 5.70 Å². The number of carboxylic acids is 1. The Morgan fingerprint density at radius 3 is 2.69 bits per heavy atom. The van der Waals surface area contributed by atoms with E-state index >= 15 is 0 Å². The molecule has 3 heterocycles. The van der Waals surface area contributed by atoms with Gasteiger partial charge >= 0.3 is 5.97 Å². The molecule has 2 aliphatic rings. The van der Waals surface area contributed by atoms with Crippen LogP contribution in [-0.2, 0) is 15.3 Å². The molecule has 0 saturated carbocycles. The summed E-state index contributed by atoms with van der Waals surface area (Å²) in [5.41, 5.74) is 6.76. The number of aromatic nitrogens is 1. The summed E-state index contributed by atoms with van der Waals surface area (Å²) in [4.78, 5) is 30.4. The van der Waals surface area contributed by atoms with Gasteiger partial charge in [-0.3, -0.25) is 9.78 Å². The molecule has 0 radical (unpaired) electrons. The SMILES string of the molecule is C[C@@H](O)[C@H]1C(=O)N2C(C(=O)O)=C(SCc3ccncc3)[C@H](CCCN)[C@H]12. The first-order valence-corrected chi connectivity index (χ1v) is 9.66. The Labute approximate surface area is 156 Å². The Morgan fingerprint density at radius 2 is 2.12 bits per heavy atom. The molecule has 1 fully saturated rings. The Morgan fingerprint density at radius 1 is 1.42 bits per heavy atom. The predicted molar refractivity (Wildman–Crippen MR) is 97.8 cm³/mol. The number of carboxylic acid groups (broad SMARTS) is 1. The van der Waals surface area contributed by atoms with Crippen molar-refractivity contribution in [1.29, 1.82) is 0 Å². The van der Waals surface area contributed by atoms with E-state index in [1.165, 1.54) is 16.7 Å². The monoisotopic (exact) mass is 377 g/mol. The average Bonchev–Trinajstić information content (AvgIpc) is 2.88. The Hall–Kier alpha value is -1.90. The van der Waals surface area contributed by atoms with Crippen LogP contribution in [0.15, 0.2) is 35.1 Å². The summed E-state index contributed by atoms with van der Waals surface area (Å²) in [7, 11) is 0. The van der Waals surface area contributed by atoms with Crippen molar-refractivity contribution < 1.29 is 19.8 Å². The lowest BCUT2D eigenvalue weighted by Gasteiger charge is -2.47. The number of hydrogen-bond acceptors (Lipinski definition) is 6. The first kappa shape index (κ1) is 18.9. The van der Waals surface area contributed by atoms with Gasteiger partial charge in [-0.25, -0.2) is 4.79 Å². The van der Waals surface area contributed by atoms with Crippen molar-refractivity contribution >= 4 is 23.6 Å². The predicted octanol–water partition coefficient (Wildman–Crippen LogP) is 1.19. The van der Waals surface area contributed by atoms with Gasteiger partial charge in [0.15, 0.2) is 0 Å². The summed E-state index contributed by atoms with van der Waals surface area (Å²) >= 11 is 1.45. The van der Waals surface area contributed by atoms with Gasteiger partial charge in [0.25, 0.3) is 0 Å². The minimum Gasteiger partial charge on any atom is -0.477 e. The zero-order valence-corrected chi connectivity index (χ0v) is 15.4. The Balaban J connectivity index is 1.91. The van der Waals surface area contributed by atoms with E-state index in [0.717, 1.165) is 12.0 Å². The maximum absolute atomic E-state index is 12.5. The Kier molecular flexibility index (Phi) is 5.64. The van der Waals surface area contributed by atoms with E-state index in [1.807, 2.05) is 12.1 Å². The van der Waals surface area contributed by atoms with E-state index in [-0.39, 0.29) is 23.6 Å². The van der Waals surface area contributed by atoms with Crippen LogP contribution in [0.5, 0.6) is 0 Å². The average molecular weight is 377 g/mol. The lowest BCUT2D eigenvalue weighted by atomic mass is 9.77. The van der Waals surface area contributed by atoms with Crippen molar-refractivity contribution in [1.82, 2.24) is 9.88 Å². The van der Waals surface area contributed by atoms with Crippen LogP contribution in [0.1, 0.15) is 25.3 Å². The van der Waals surface area contributed by atoms with Crippen LogP contribution in [0.3, 0.4) is 0 Å². The molecule has 0 aliphatic carbocycles. The van der Waals surface area contributed by atoms with E-state index < -0.39 is 18.0 Å². The number of aliphatic carboxylic acids is 1. The molecule has 1 saturated heterocycles. The van der Waals surface area contributed by atoms with E-state index in [2.05, 4.69) is 4.98 Å². The van der Waals surface area contributed by atoms with Crippen molar-refractivity contribution in [2.45, 2.75) is 37.7 Å². The number of nitrogens with two attached hydrogens (primary N) is 1. The molecule has 1 aromatic rings. The first-order chi connectivity index (χ1) is 12.5. The number of aliphatic hydroxyl groups excluding tert-OH is 1. The summed E-state index contributed by atoms with van der Waals surface area (Å²) in [6, 6.07) is 3.48. The second-order valence-electron chi connectivity index (χ2n) is 6.66. The van der Waals surface area contributed by atoms with Gasteiger partial charge in [-0.05, 0) is 44.0 Å². The van der Waals surface area contributed by atoms with Crippen LogP contribution in [0, 0.1) is 11.8 Å². The van der Waals surface area contributed by atoms with Crippen LogP contribution >= 0.6 is 11.8 Å². The molecule has 0 spiro atoms. The third kappa shape index (κ3) is 3.24. The second kappa shape index (κ2) is 7.77. The van der Waals surface area contributed by atoms with Crippen molar-refractivity contribution in [3.8, 4) is 0 Å². The zero-order valence-electron chi connectivity index (χ0n) is 14.5. The molecular weight excluding hydrogens is 354 g/mol. The largest absolute Gasteiger partial charge is 0.477 e. The van der Waals surface area contributed by atoms with Gasteiger partial charge in [0, 0.05) is 29.0 Å². The number of thioether (sulfide) groups is 1. The molecule has 26 heavy (non-hydrogen) atoms. The van der Waals surface area contributed by atoms with Crippen LogP contribution in [0.4, 0.5) is 0 Å². The number of rotatable bonds is 8. The molecule has 2 aliphatic heterocycles. The quantitative estimate of drug-likeness (QED) is 0.583. The van der Waals surface area contributed by atoms with Gasteiger partial charge in [-0.15, -0.1) is 11.8 Å². The fourth-order valence-electron chi connectivity index (χ4n) is 3.83. The van der Waals surface area contributed by atoms with Gasteiger partial charge in [0.2, 0.25) is 5.91 Å². The number of aliphatic hydroxyl groups is 1. The minimum absolute atomic E-state index is 0.0676. The van der Waals surface area contributed by atoms with Crippen LogP contribution in [-0.4, -0.2) is 50.7 Å². The summed E-state index contributed by atoms with van der Waals surface area (Å²) < 4.78 is 0. The number of hydrogen-bond donors (Lipinski definition) is 3. The van der Waals surface area contributed by atoms with E-state index in [0.29, 0.717) is 23.6 Å². The highest BCUT2D eigenvalue weighted by molar-refractivity contribution is 8.02. The van der Waals surface area contributed by atoms with Gasteiger partial charge in [0.05, 0.1) is 18.1 Å². The maximum Gasteiger partial charge on any atom is 0.353 e. The highest BCUT2D eigenvalue weighted by atomic mass is 32.2. The smallest absolute Gasteiger partial charge is 0.353 e. The highest BCUT2D eigenvalue weighted by Crippen LogP contribution is 2.52. The molecule has 4 N–H and O–H groups in total. The van der Waals surface area contributed by atoms with Gasteiger partial charge in [-0.2, -0.15) is 0 Å². The molecule has 1 aromatic heterocycles. The molecule has 0 bridgehead atoms. The summed E-state index contributed by atoms with van der Waals surface area (Å²) in [6.45, 7) is 2.09. The van der Waals surface area contributed by atoms with Crippen LogP contribution in [0.25, 0.3) is 0 Å². The van der Waals surface area contributed by atoms with Crippen LogP contribution in [0.2, 0.25) is 0 Å². The molecule has 1 amide bonds. The molecule has 0 aromatic carbocycles. The molecule has 7 nitrogen and oxygen atoms in total. The molecular formula is C18H23N3O4S. The normalized spacial score (nSPS) is 25.9. The molecule has 0 unspecified atom stereocenters.